The summed E-state index contributed by atoms with van der Waals surface area (Å²) in [6.07, 6.45) is 6.76. The van der Waals surface area contributed by atoms with E-state index in [9.17, 15) is 10.2 Å². The Hall–Kier alpha value is -0.380. The number of allylic oxidation sites excluding steroid dienone is 1. The van der Waals surface area contributed by atoms with E-state index in [-0.39, 0.29) is 10.8 Å². The molecule has 3 fully saturated rings. The molecule has 0 heterocycles. The van der Waals surface area contributed by atoms with Crippen molar-refractivity contribution in [2.24, 2.45) is 34.3 Å². The molecule has 0 spiro atoms. The summed E-state index contributed by atoms with van der Waals surface area (Å²) in [7, 11) is 0. The minimum absolute atomic E-state index is 0.176. The Balaban J connectivity index is 1.88. The van der Waals surface area contributed by atoms with Gasteiger partial charge in [0.2, 0.25) is 0 Å². The van der Waals surface area contributed by atoms with Gasteiger partial charge in [0.25, 0.3) is 0 Å². The SMILES string of the molecule is C=C1CCC2[C@H](CCN)C([C@@]3(C)CC[C@H](O)C[C@@H]3[O-])CC[C@]12C. The minimum Gasteiger partial charge on any atom is -0.851 e. The molecule has 3 nitrogen and oxygen atoms in total. The third kappa shape index (κ3) is 2.69. The van der Waals surface area contributed by atoms with Crippen LogP contribution in [0.25, 0.3) is 0 Å². The minimum atomic E-state index is -0.634. The third-order valence-corrected chi connectivity index (χ3v) is 7.98. The lowest BCUT2D eigenvalue weighted by atomic mass is 9.50. The second-order valence-electron chi connectivity index (χ2n) is 8.98. The smallest absolute Gasteiger partial charge is 0.0530 e. The summed E-state index contributed by atoms with van der Waals surface area (Å²) in [5.41, 5.74) is 7.48. The zero-order valence-electron chi connectivity index (χ0n) is 14.9. The first-order valence-corrected chi connectivity index (χ1v) is 9.55. The average molecular weight is 320 g/mol. The maximum atomic E-state index is 12.9. The molecule has 0 aliphatic heterocycles. The van der Waals surface area contributed by atoms with Crippen LogP contribution in [0.1, 0.15) is 65.2 Å². The lowest BCUT2D eigenvalue weighted by Crippen LogP contribution is -2.56. The highest BCUT2D eigenvalue weighted by Gasteiger charge is 2.54. The molecule has 0 aromatic heterocycles. The second kappa shape index (κ2) is 6.16. The molecule has 23 heavy (non-hydrogen) atoms. The highest BCUT2D eigenvalue weighted by Crippen LogP contribution is 2.63. The summed E-state index contributed by atoms with van der Waals surface area (Å²) >= 11 is 0. The number of rotatable bonds is 3. The van der Waals surface area contributed by atoms with Crippen LogP contribution in [0.4, 0.5) is 0 Å². The highest BCUT2D eigenvalue weighted by atomic mass is 16.3. The maximum Gasteiger partial charge on any atom is 0.0530 e. The zero-order valence-corrected chi connectivity index (χ0v) is 14.9. The molecule has 0 amide bonds. The molecule has 0 saturated heterocycles. The first-order chi connectivity index (χ1) is 10.8. The Morgan fingerprint density at radius 2 is 1.96 bits per heavy atom. The van der Waals surface area contributed by atoms with E-state index in [0.29, 0.717) is 30.7 Å². The lowest BCUT2D eigenvalue weighted by molar-refractivity contribution is -0.463. The van der Waals surface area contributed by atoms with Gasteiger partial charge >= 0.3 is 0 Å². The van der Waals surface area contributed by atoms with Crippen LogP contribution in [-0.2, 0) is 0 Å². The molecule has 3 heteroatoms. The van der Waals surface area contributed by atoms with Crippen LogP contribution in [0.5, 0.6) is 0 Å². The van der Waals surface area contributed by atoms with Crippen LogP contribution in [0, 0.1) is 28.6 Å². The van der Waals surface area contributed by atoms with Gasteiger partial charge in [-0.3, -0.25) is 0 Å². The standard InChI is InChI=1S/C20H34NO2/c1-13-4-5-16-15(8-11-21)17(7-10-19(13,16)2)20(3)9-6-14(22)12-18(20)23/h14-18,22H,1,4-12,21H2,2-3H3/q-1/t14-,15-,16?,17?,18-,19+,20+/m0/s1. The third-order valence-electron chi connectivity index (χ3n) is 7.98. The molecule has 7 atom stereocenters. The van der Waals surface area contributed by atoms with Crippen molar-refractivity contribution in [1.29, 1.82) is 0 Å². The van der Waals surface area contributed by atoms with Crippen LogP contribution in [-0.4, -0.2) is 23.9 Å². The van der Waals surface area contributed by atoms with E-state index in [1.165, 1.54) is 18.4 Å². The van der Waals surface area contributed by atoms with Gasteiger partial charge in [-0.2, -0.15) is 0 Å². The lowest BCUT2D eigenvalue weighted by Gasteiger charge is -2.59. The largest absolute Gasteiger partial charge is 0.851 e. The molecular weight excluding hydrogens is 286 g/mol. The van der Waals surface area contributed by atoms with Crippen LogP contribution >= 0.6 is 0 Å². The highest BCUT2D eigenvalue weighted by molar-refractivity contribution is 5.20. The van der Waals surface area contributed by atoms with E-state index in [2.05, 4.69) is 20.4 Å². The van der Waals surface area contributed by atoms with Gasteiger partial charge in [-0.25, -0.2) is 0 Å². The monoisotopic (exact) mass is 320 g/mol. The predicted molar refractivity (Wildman–Crippen MR) is 91.6 cm³/mol. The van der Waals surface area contributed by atoms with Crippen molar-refractivity contribution in [2.75, 3.05) is 6.54 Å². The van der Waals surface area contributed by atoms with Gasteiger partial charge in [-0.1, -0.05) is 26.0 Å². The molecule has 3 rings (SSSR count). The molecule has 0 radical (unpaired) electrons. The molecular formula is C20H34NO2-. The van der Waals surface area contributed by atoms with Crippen molar-refractivity contribution in [1.82, 2.24) is 0 Å². The van der Waals surface area contributed by atoms with E-state index in [1.807, 2.05) is 0 Å². The van der Waals surface area contributed by atoms with Gasteiger partial charge in [0.05, 0.1) is 6.10 Å². The van der Waals surface area contributed by atoms with Gasteiger partial charge in [-0.05, 0) is 86.5 Å². The summed E-state index contributed by atoms with van der Waals surface area (Å²) in [6, 6.07) is 0. The zero-order chi connectivity index (χ0) is 16.8. The maximum absolute atomic E-state index is 12.9. The molecule has 0 bridgehead atoms. The normalized spacial score (nSPS) is 50.8. The average Bonchev–Trinajstić information content (AvgIpc) is 2.80. The fourth-order valence-electron chi connectivity index (χ4n) is 6.31. The Morgan fingerprint density at radius 3 is 2.61 bits per heavy atom. The molecule has 3 N–H and O–H groups in total. The summed E-state index contributed by atoms with van der Waals surface area (Å²) in [6.45, 7) is 9.67. The quantitative estimate of drug-likeness (QED) is 0.785. The molecule has 2 unspecified atom stereocenters. The molecule has 3 aliphatic rings. The van der Waals surface area contributed by atoms with E-state index in [0.717, 1.165) is 32.1 Å². The van der Waals surface area contributed by atoms with E-state index >= 15 is 0 Å². The topological polar surface area (TPSA) is 69.3 Å². The number of hydrogen-bond acceptors (Lipinski definition) is 3. The molecule has 132 valence electrons. The molecule has 3 aliphatic carbocycles. The van der Waals surface area contributed by atoms with Crippen LogP contribution < -0.4 is 10.8 Å². The fourth-order valence-corrected chi connectivity index (χ4v) is 6.31. The summed E-state index contributed by atoms with van der Waals surface area (Å²) in [5, 5.41) is 22.8. The Kier molecular flexibility index (Phi) is 4.67. The number of fused-ring (bicyclic) bond motifs is 1. The van der Waals surface area contributed by atoms with Gasteiger partial charge in [0, 0.05) is 0 Å². The second-order valence-corrected chi connectivity index (χ2v) is 8.98. The molecule has 0 aromatic carbocycles. The van der Waals surface area contributed by atoms with Crippen LogP contribution in [0.2, 0.25) is 0 Å². The van der Waals surface area contributed by atoms with E-state index in [4.69, 9.17) is 5.73 Å². The van der Waals surface area contributed by atoms with E-state index in [1.54, 1.807) is 0 Å². The number of aliphatic hydroxyl groups excluding tert-OH is 1. The Labute approximate surface area is 141 Å². The van der Waals surface area contributed by atoms with E-state index < -0.39 is 12.2 Å². The fraction of sp³-hybridized carbons (Fsp3) is 0.900. The number of aliphatic hydroxyl groups is 1. The van der Waals surface area contributed by atoms with Gasteiger partial charge < -0.3 is 15.9 Å². The number of hydrogen-bond donors (Lipinski definition) is 2. The Morgan fingerprint density at radius 1 is 1.22 bits per heavy atom. The summed E-state index contributed by atoms with van der Waals surface area (Å²) in [5.74, 6) is 1.66. The van der Waals surface area contributed by atoms with Gasteiger partial charge in [0.1, 0.15) is 0 Å². The predicted octanol–water partition coefficient (Wildman–Crippen LogP) is 2.61. The van der Waals surface area contributed by atoms with Crippen molar-refractivity contribution in [3.63, 3.8) is 0 Å². The Bertz CT molecular complexity index is 465. The van der Waals surface area contributed by atoms with Crippen molar-refractivity contribution in [3.8, 4) is 0 Å². The molecule has 3 saturated carbocycles. The van der Waals surface area contributed by atoms with Crippen molar-refractivity contribution < 1.29 is 10.2 Å². The first-order valence-electron chi connectivity index (χ1n) is 9.55. The van der Waals surface area contributed by atoms with Crippen LogP contribution in [0.3, 0.4) is 0 Å². The van der Waals surface area contributed by atoms with Crippen LogP contribution in [0.15, 0.2) is 12.2 Å². The molecule has 0 aromatic rings. The summed E-state index contributed by atoms with van der Waals surface area (Å²) in [4.78, 5) is 0. The van der Waals surface area contributed by atoms with Gasteiger partial charge in [0.15, 0.2) is 0 Å². The summed E-state index contributed by atoms with van der Waals surface area (Å²) < 4.78 is 0. The number of nitrogens with two attached hydrogens (primary N) is 1. The van der Waals surface area contributed by atoms with Gasteiger partial charge in [-0.15, -0.1) is 6.10 Å². The van der Waals surface area contributed by atoms with Crippen molar-refractivity contribution in [3.05, 3.63) is 12.2 Å². The van der Waals surface area contributed by atoms with Crippen molar-refractivity contribution in [2.45, 2.75) is 77.4 Å². The van der Waals surface area contributed by atoms with Crippen molar-refractivity contribution >= 4 is 0 Å². The first kappa shape index (κ1) is 17.4.